The topological polar surface area (TPSA) is 169 Å². The summed E-state index contributed by atoms with van der Waals surface area (Å²) in [6.07, 6.45) is 0.849. The van der Waals surface area contributed by atoms with Crippen LogP contribution in [0.15, 0.2) is 83.9 Å². The zero-order chi connectivity index (χ0) is 28.5. The maximum atomic E-state index is 13.7. The number of nitrogens with zero attached hydrogens (tertiary/aromatic N) is 2. The Kier molecular flexibility index (Phi) is 9.35. The van der Waals surface area contributed by atoms with Crippen molar-refractivity contribution in [2.24, 2.45) is 22.2 Å². The third-order valence-corrected chi connectivity index (χ3v) is 6.88. The van der Waals surface area contributed by atoms with Gasteiger partial charge in [-0.25, -0.2) is 4.79 Å². The van der Waals surface area contributed by atoms with E-state index in [4.69, 9.17) is 17.2 Å². The van der Waals surface area contributed by atoms with Gasteiger partial charge in [0.2, 0.25) is 11.8 Å². The van der Waals surface area contributed by atoms with Crippen LogP contribution in [0.25, 0.3) is 0 Å². The van der Waals surface area contributed by atoms with Crippen LogP contribution in [-0.2, 0) is 29.2 Å². The van der Waals surface area contributed by atoms with Crippen molar-refractivity contribution >= 4 is 23.8 Å². The van der Waals surface area contributed by atoms with E-state index in [0.29, 0.717) is 32.5 Å². The second-order valence-electron chi connectivity index (χ2n) is 9.78. The highest BCUT2D eigenvalue weighted by molar-refractivity contribution is 5.92. The molecule has 1 aliphatic heterocycles. The van der Waals surface area contributed by atoms with Gasteiger partial charge < -0.3 is 32.7 Å². The lowest BCUT2D eigenvalue weighted by Crippen LogP contribution is -2.48. The number of hydrogen-bond donors (Lipinski definition) is 5. The van der Waals surface area contributed by atoms with Crippen molar-refractivity contribution < 1.29 is 14.4 Å². The summed E-state index contributed by atoms with van der Waals surface area (Å²) in [5, 5.41) is 5.93. The molecule has 0 fully saturated rings. The average Bonchev–Trinajstić information content (AvgIpc) is 3.39. The van der Waals surface area contributed by atoms with E-state index in [1.165, 1.54) is 0 Å². The molecule has 208 valence electrons. The number of carbonyl (C=O) groups excluding carboxylic acids is 3. The van der Waals surface area contributed by atoms with E-state index in [0.717, 1.165) is 27.8 Å². The van der Waals surface area contributed by atoms with Crippen LogP contribution >= 0.6 is 0 Å². The van der Waals surface area contributed by atoms with Crippen LogP contribution < -0.4 is 27.8 Å². The lowest BCUT2D eigenvalue weighted by Gasteiger charge is -2.23. The van der Waals surface area contributed by atoms with Crippen molar-refractivity contribution in [1.82, 2.24) is 15.5 Å². The van der Waals surface area contributed by atoms with E-state index in [9.17, 15) is 14.4 Å². The van der Waals surface area contributed by atoms with Gasteiger partial charge in [-0.15, -0.1) is 0 Å². The fourth-order valence-electron chi connectivity index (χ4n) is 4.84. The summed E-state index contributed by atoms with van der Waals surface area (Å²) in [5.74, 6) is -1.19. The van der Waals surface area contributed by atoms with Gasteiger partial charge in [0.15, 0.2) is 5.96 Å². The third kappa shape index (κ3) is 7.37. The first kappa shape index (κ1) is 28.2. The SMILES string of the molecule is NC(=O)N1Cc2ccc(CNC(=O)[C@@H](CCCN=C(N)N)NC(=O)C(c3ccccc3)c3ccccc3)cc2C1. The molecular weight excluding hydrogens is 506 g/mol. The van der Waals surface area contributed by atoms with Crippen molar-refractivity contribution in [2.75, 3.05) is 6.54 Å². The van der Waals surface area contributed by atoms with Crippen LogP contribution in [0.3, 0.4) is 0 Å². The Labute approximate surface area is 233 Å². The second-order valence-corrected chi connectivity index (χ2v) is 9.78. The van der Waals surface area contributed by atoms with E-state index < -0.39 is 18.0 Å². The molecule has 3 aromatic rings. The molecule has 0 aromatic heterocycles. The number of nitrogens with one attached hydrogen (secondary N) is 2. The number of urea groups is 1. The van der Waals surface area contributed by atoms with Crippen LogP contribution in [0.5, 0.6) is 0 Å². The highest BCUT2D eigenvalue weighted by atomic mass is 16.2. The lowest BCUT2D eigenvalue weighted by atomic mass is 9.90. The molecule has 8 N–H and O–H groups in total. The summed E-state index contributed by atoms with van der Waals surface area (Å²) in [7, 11) is 0. The molecule has 4 amide bonds. The minimum atomic E-state index is -0.795. The quantitative estimate of drug-likeness (QED) is 0.142. The van der Waals surface area contributed by atoms with Crippen LogP contribution in [0.4, 0.5) is 4.79 Å². The number of hydrogen-bond acceptors (Lipinski definition) is 4. The fourth-order valence-corrected chi connectivity index (χ4v) is 4.84. The van der Waals surface area contributed by atoms with E-state index in [2.05, 4.69) is 15.6 Å². The first-order valence-corrected chi connectivity index (χ1v) is 13.2. The van der Waals surface area contributed by atoms with E-state index in [1.807, 2.05) is 78.9 Å². The fraction of sp³-hybridized carbons (Fsp3) is 0.267. The molecule has 1 aliphatic rings. The van der Waals surface area contributed by atoms with Crippen LogP contribution in [-0.4, -0.2) is 41.3 Å². The first-order chi connectivity index (χ1) is 19.3. The largest absolute Gasteiger partial charge is 0.370 e. The van der Waals surface area contributed by atoms with Crippen LogP contribution in [0, 0.1) is 0 Å². The third-order valence-electron chi connectivity index (χ3n) is 6.88. The molecule has 40 heavy (non-hydrogen) atoms. The molecule has 0 aliphatic carbocycles. The molecule has 0 radical (unpaired) electrons. The molecule has 0 spiro atoms. The van der Waals surface area contributed by atoms with Gasteiger partial charge in [-0.2, -0.15) is 0 Å². The summed E-state index contributed by atoms with van der Waals surface area (Å²) < 4.78 is 0. The Morgan fingerprint density at radius 2 is 1.45 bits per heavy atom. The van der Waals surface area contributed by atoms with E-state index in [1.54, 1.807) is 4.90 Å². The average molecular weight is 542 g/mol. The zero-order valence-electron chi connectivity index (χ0n) is 22.3. The predicted molar refractivity (Wildman–Crippen MR) is 154 cm³/mol. The molecule has 0 bridgehead atoms. The normalized spacial score (nSPS) is 12.9. The Morgan fingerprint density at radius 3 is 2.05 bits per heavy atom. The Hall–Kier alpha value is -4.86. The molecule has 4 rings (SSSR count). The van der Waals surface area contributed by atoms with Gasteiger partial charge in [0.05, 0.1) is 5.92 Å². The number of nitrogens with two attached hydrogens (primary N) is 3. The number of benzene rings is 3. The van der Waals surface area contributed by atoms with Crippen LogP contribution in [0.2, 0.25) is 0 Å². The number of carbonyl (C=O) groups is 3. The van der Waals surface area contributed by atoms with Crippen molar-refractivity contribution in [1.29, 1.82) is 0 Å². The van der Waals surface area contributed by atoms with E-state index in [-0.39, 0.29) is 24.3 Å². The van der Waals surface area contributed by atoms with Gasteiger partial charge in [-0.3, -0.25) is 14.6 Å². The Bertz CT molecular complexity index is 1320. The smallest absolute Gasteiger partial charge is 0.315 e. The molecular formula is C30H35N7O3. The van der Waals surface area contributed by atoms with Gasteiger partial charge in [0.1, 0.15) is 6.04 Å². The second kappa shape index (κ2) is 13.3. The summed E-state index contributed by atoms with van der Waals surface area (Å²) in [4.78, 5) is 44.2. The molecule has 0 unspecified atom stereocenters. The standard InChI is InChI=1S/C30H35N7O3/c31-29(32)34-15-7-12-25(27(38)35-17-20-13-14-23-18-37(30(33)40)19-24(23)16-20)36-28(39)26(21-8-3-1-4-9-21)22-10-5-2-6-11-22/h1-6,8-11,13-14,16,25-26H,7,12,15,17-19H2,(H2,33,40)(H,35,38)(H,36,39)(H4,31,32,34)/t25-/m1/s1. The number of amides is 4. The van der Waals surface area contributed by atoms with Gasteiger partial charge in [-0.1, -0.05) is 78.9 Å². The maximum absolute atomic E-state index is 13.7. The lowest BCUT2D eigenvalue weighted by molar-refractivity contribution is -0.129. The molecule has 3 aromatic carbocycles. The van der Waals surface area contributed by atoms with Crippen molar-refractivity contribution in [3.63, 3.8) is 0 Å². The van der Waals surface area contributed by atoms with Gasteiger partial charge in [0, 0.05) is 26.2 Å². The number of rotatable bonds is 11. The molecule has 0 saturated carbocycles. The number of primary amides is 1. The minimum Gasteiger partial charge on any atom is -0.370 e. The van der Waals surface area contributed by atoms with Crippen molar-refractivity contribution in [3.8, 4) is 0 Å². The highest BCUT2D eigenvalue weighted by Crippen LogP contribution is 2.26. The first-order valence-electron chi connectivity index (χ1n) is 13.2. The summed E-state index contributed by atoms with van der Waals surface area (Å²) in [6.45, 7) is 1.52. The summed E-state index contributed by atoms with van der Waals surface area (Å²) in [6, 6.07) is 23.5. The minimum absolute atomic E-state index is 0.0234. The summed E-state index contributed by atoms with van der Waals surface area (Å²) in [5.41, 5.74) is 20.9. The van der Waals surface area contributed by atoms with Gasteiger partial charge >= 0.3 is 6.03 Å². The predicted octanol–water partition coefficient (Wildman–Crippen LogP) is 2.07. The summed E-state index contributed by atoms with van der Waals surface area (Å²) >= 11 is 0. The molecule has 10 heteroatoms. The molecule has 1 atom stereocenters. The van der Waals surface area contributed by atoms with Gasteiger partial charge in [0.25, 0.3) is 0 Å². The Morgan fingerprint density at radius 1 is 0.825 bits per heavy atom. The van der Waals surface area contributed by atoms with Crippen molar-refractivity contribution in [3.05, 3.63) is 107 Å². The monoisotopic (exact) mass is 541 g/mol. The van der Waals surface area contributed by atoms with Crippen LogP contribution in [0.1, 0.15) is 46.6 Å². The number of fused-ring (bicyclic) bond motifs is 1. The molecule has 0 saturated heterocycles. The number of aliphatic imine (C=N–C) groups is 1. The maximum Gasteiger partial charge on any atom is 0.315 e. The molecule has 10 nitrogen and oxygen atoms in total. The number of guanidine groups is 1. The zero-order valence-corrected chi connectivity index (χ0v) is 22.3. The Balaban J connectivity index is 1.48. The molecule has 1 heterocycles. The van der Waals surface area contributed by atoms with Crippen molar-refractivity contribution in [2.45, 2.75) is 44.4 Å². The van der Waals surface area contributed by atoms with E-state index >= 15 is 0 Å². The van der Waals surface area contributed by atoms with Gasteiger partial charge in [-0.05, 0) is 40.7 Å². The highest BCUT2D eigenvalue weighted by Gasteiger charge is 2.28.